The molecular weight excluding hydrogens is 326 g/mol. The van der Waals surface area contributed by atoms with Crippen LogP contribution in [0.3, 0.4) is 0 Å². The van der Waals surface area contributed by atoms with Crippen LogP contribution < -0.4 is 10.1 Å². The molecule has 1 heterocycles. The first kappa shape index (κ1) is 16.7. The summed E-state index contributed by atoms with van der Waals surface area (Å²) in [4.78, 5) is 12.3. The van der Waals surface area contributed by atoms with Crippen molar-refractivity contribution in [2.75, 3.05) is 24.8 Å². The fraction of sp³-hybridized carbons (Fsp3) is 0.278. The molecule has 0 fully saturated rings. The number of ether oxygens (including phenoxy) is 1. The summed E-state index contributed by atoms with van der Waals surface area (Å²) in [5.41, 5.74) is 2.07. The molecule has 2 N–H and O–H groups in total. The summed E-state index contributed by atoms with van der Waals surface area (Å²) in [5.74, 6) is 0.970. The van der Waals surface area contributed by atoms with Crippen molar-refractivity contribution in [1.29, 1.82) is 0 Å². The second-order valence-corrected chi connectivity index (χ2v) is 6.82. The number of hydrogen-bond acceptors (Lipinski definition) is 5. The normalized spacial score (nSPS) is 12.5. The Kier molecular flexibility index (Phi) is 4.97. The number of anilines is 1. The van der Waals surface area contributed by atoms with Gasteiger partial charge in [0.2, 0.25) is 5.91 Å². The number of methoxy groups -OCH3 is 1. The molecule has 6 heteroatoms. The van der Waals surface area contributed by atoms with Crippen LogP contribution in [0.4, 0.5) is 5.69 Å². The van der Waals surface area contributed by atoms with Gasteiger partial charge in [-0.2, -0.15) is 0 Å². The average Bonchev–Trinajstić information content (AvgIpc) is 2.96. The number of aliphatic hydroxyl groups is 1. The van der Waals surface area contributed by atoms with Crippen molar-refractivity contribution in [2.45, 2.75) is 12.2 Å². The largest absolute Gasteiger partial charge is 0.495 e. The zero-order valence-corrected chi connectivity index (χ0v) is 14.4. The summed E-state index contributed by atoms with van der Waals surface area (Å²) in [6.45, 7) is 1.86. The van der Waals surface area contributed by atoms with Gasteiger partial charge >= 0.3 is 0 Å². The van der Waals surface area contributed by atoms with Crippen molar-refractivity contribution >= 4 is 45.3 Å². The molecule has 1 aromatic heterocycles. The second kappa shape index (κ2) is 7.15. The van der Waals surface area contributed by atoms with Gasteiger partial charge in [-0.3, -0.25) is 4.79 Å². The molecular formula is C18H19NO4S. The number of amides is 1. The smallest absolute Gasteiger partial charge is 0.237 e. The molecule has 0 aliphatic heterocycles. The van der Waals surface area contributed by atoms with E-state index < -0.39 is 0 Å². The van der Waals surface area contributed by atoms with Crippen molar-refractivity contribution in [3.8, 4) is 5.75 Å². The lowest BCUT2D eigenvalue weighted by Gasteiger charge is -2.14. The maximum Gasteiger partial charge on any atom is 0.237 e. The Morgan fingerprint density at radius 3 is 2.83 bits per heavy atom. The molecule has 24 heavy (non-hydrogen) atoms. The zero-order chi connectivity index (χ0) is 17.1. The number of carbonyl (C=O) groups is 1. The zero-order valence-electron chi connectivity index (χ0n) is 13.5. The van der Waals surface area contributed by atoms with Crippen molar-refractivity contribution in [2.24, 2.45) is 0 Å². The Hall–Kier alpha value is -2.18. The fourth-order valence-corrected chi connectivity index (χ4v) is 3.23. The summed E-state index contributed by atoms with van der Waals surface area (Å²) in [5, 5.41) is 13.4. The molecule has 5 nitrogen and oxygen atoms in total. The van der Waals surface area contributed by atoms with E-state index in [1.54, 1.807) is 13.2 Å². The molecule has 1 amide bonds. The predicted molar refractivity (Wildman–Crippen MR) is 97.9 cm³/mol. The number of rotatable bonds is 6. The van der Waals surface area contributed by atoms with E-state index in [9.17, 15) is 4.79 Å². The summed E-state index contributed by atoms with van der Waals surface area (Å²) in [6, 6.07) is 11.4. The molecule has 3 rings (SSSR count). The Morgan fingerprint density at radius 2 is 2.08 bits per heavy atom. The Labute approximate surface area is 144 Å². The lowest BCUT2D eigenvalue weighted by molar-refractivity contribution is -0.115. The minimum Gasteiger partial charge on any atom is -0.495 e. The molecule has 0 saturated carbocycles. The van der Waals surface area contributed by atoms with E-state index >= 15 is 0 Å². The maximum absolute atomic E-state index is 12.3. The Balaban J connectivity index is 1.95. The molecule has 0 bridgehead atoms. The van der Waals surface area contributed by atoms with E-state index in [1.165, 1.54) is 11.8 Å². The van der Waals surface area contributed by atoms with Gasteiger partial charge in [0.15, 0.2) is 0 Å². The van der Waals surface area contributed by atoms with Gasteiger partial charge in [-0.1, -0.05) is 18.2 Å². The van der Waals surface area contributed by atoms with Gasteiger partial charge in [0.05, 0.1) is 24.7 Å². The third-order valence-corrected chi connectivity index (χ3v) is 4.92. The van der Waals surface area contributed by atoms with Crippen molar-refractivity contribution in [3.05, 3.63) is 36.4 Å². The quantitative estimate of drug-likeness (QED) is 0.713. The first-order chi connectivity index (χ1) is 11.6. The highest BCUT2D eigenvalue weighted by Crippen LogP contribution is 2.36. The van der Waals surface area contributed by atoms with E-state index in [0.29, 0.717) is 22.8 Å². The molecule has 2 aromatic carbocycles. The topological polar surface area (TPSA) is 71.7 Å². The summed E-state index contributed by atoms with van der Waals surface area (Å²) in [7, 11) is 1.57. The number of hydrogen-bond donors (Lipinski definition) is 2. The summed E-state index contributed by atoms with van der Waals surface area (Å²) >= 11 is 1.40. The monoisotopic (exact) mass is 345 g/mol. The van der Waals surface area contributed by atoms with E-state index in [1.807, 2.05) is 37.3 Å². The van der Waals surface area contributed by atoms with Crippen molar-refractivity contribution in [1.82, 2.24) is 0 Å². The highest BCUT2D eigenvalue weighted by atomic mass is 32.2. The van der Waals surface area contributed by atoms with Crippen LogP contribution in [-0.4, -0.2) is 35.7 Å². The number of aliphatic hydroxyl groups excluding tert-OH is 1. The number of carbonyl (C=O) groups excluding carboxylic acids is 1. The number of benzene rings is 2. The van der Waals surface area contributed by atoms with Crippen LogP contribution in [0.5, 0.6) is 5.75 Å². The average molecular weight is 345 g/mol. The third kappa shape index (κ3) is 3.20. The van der Waals surface area contributed by atoms with E-state index in [4.69, 9.17) is 14.3 Å². The molecule has 1 unspecified atom stereocenters. The van der Waals surface area contributed by atoms with Crippen LogP contribution in [0.1, 0.15) is 6.92 Å². The minimum atomic E-state index is -0.270. The SMILES string of the molecule is COc1cc2c(cc1NC(=O)C(C)SCCO)oc1ccccc12. The third-order valence-electron chi connectivity index (χ3n) is 3.79. The number of thioether (sulfide) groups is 1. The molecule has 1 atom stereocenters. The molecule has 0 saturated heterocycles. The second-order valence-electron chi connectivity index (χ2n) is 5.37. The van der Waals surface area contributed by atoms with E-state index in [0.717, 1.165) is 16.4 Å². The maximum atomic E-state index is 12.3. The van der Waals surface area contributed by atoms with Gasteiger partial charge in [-0.05, 0) is 19.1 Å². The summed E-state index contributed by atoms with van der Waals surface area (Å²) in [6.07, 6.45) is 0. The van der Waals surface area contributed by atoms with Gasteiger partial charge in [0, 0.05) is 22.6 Å². The molecule has 3 aromatic rings. The van der Waals surface area contributed by atoms with Crippen LogP contribution >= 0.6 is 11.8 Å². The lowest BCUT2D eigenvalue weighted by Crippen LogP contribution is -2.23. The first-order valence-corrected chi connectivity index (χ1v) is 8.71. The van der Waals surface area contributed by atoms with Crippen molar-refractivity contribution < 1.29 is 19.1 Å². The van der Waals surface area contributed by atoms with Crippen LogP contribution in [0.25, 0.3) is 21.9 Å². The molecule has 0 spiro atoms. The van der Waals surface area contributed by atoms with Crippen LogP contribution in [0.15, 0.2) is 40.8 Å². The molecule has 0 aliphatic rings. The van der Waals surface area contributed by atoms with Gasteiger partial charge in [0.25, 0.3) is 0 Å². The van der Waals surface area contributed by atoms with E-state index in [2.05, 4.69) is 5.32 Å². The van der Waals surface area contributed by atoms with Crippen LogP contribution in [0.2, 0.25) is 0 Å². The first-order valence-electron chi connectivity index (χ1n) is 7.66. The van der Waals surface area contributed by atoms with Gasteiger partial charge in [-0.25, -0.2) is 0 Å². The number of fused-ring (bicyclic) bond motifs is 3. The van der Waals surface area contributed by atoms with Gasteiger partial charge in [0.1, 0.15) is 16.9 Å². The summed E-state index contributed by atoms with van der Waals surface area (Å²) < 4.78 is 11.3. The highest BCUT2D eigenvalue weighted by Gasteiger charge is 2.17. The van der Waals surface area contributed by atoms with Gasteiger partial charge < -0.3 is 19.6 Å². The molecule has 0 radical (unpaired) electrons. The fourth-order valence-electron chi connectivity index (χ4n) is 2.56. The minimum absolute atomic E-state index is 0.0521. The van der Waals surface area contributed by atoms with Gasteiger partial charge in [-0.15, -0.1) is 11.8 Å². The lowest BCUT2D eigenvalue weighted by atomic mass is 10.1. The molecule has 126 valence electrons. The van der Waals surface area contributed by atoms with Crippen LogP contribution in [-0.2, 0) is 4.79 Å². The number of furan rings is 1. The molecule has 0 aliphatic carbocycles. The standard InChI is InChI=1S/C18H19NO4S/c1-11(24-8-7-20)18(21)19-14-10-16-13(9-17(14)22-2)12-5-3-4-6-15(12)23-16/h3-6,9-11,20H,7-8H2,1-2H3,(H,19,21). The Morgan fingerprint density at radius 1 is 1.29 bits per heavy atom. The highest BCUT2D eigenvalue weighted by molar-refractivity contribution is 8.00. The predicted octanol–water partition coefficient (Wildman–Crippen LogP) is 3.65. The van der Waals surface area contributed by atoms with E-state index in [-0.39, 0.29) is 17.8 Å². The Bertz CT molecular complexity index is 874. The van der Waals surface area contributed by atoms with Crippen LogP contribution in [0, 0.1) is 0 Å². The number of nitrogens with one attached hydrogen (secondary N) is 1. The van der Waals surface area contributed by atoms with Crippen molar-refractivity contribution in [3.63, 3.8) is 0 Å². The number of para-hydroxylation sites is 1.